The molecule has 20 heavy (non-hydrogen) atoms. The fraction of sp³-hybridized carbons (Fsp3) is 0.533. The van der Waals surface area contributed by atoms with Gasteiger partial charge in [0.05, 0.1) is 5.56 Å². The van der Waals surface area contributed by atoms with Crippen LogP contribution in [0.5, 0.6) is 5.75 Å². The number of nitrogens with zero attached hydrogens (tertiary/aromatic N) is 1. The van der Waals surface area contributed by atoms with Crippen LogP contribution in [0.2, 0.25) is 0 Å². The first-order chi connectivity index (χ1) is 9.41. The Morgan fingerprint density at radius 2 is 2.10 bits per heavy atom. The van der Waals surface area contributed by atoms with Crippen molar-refractivity contribution < 1.29 is 9.90 Å². The van der Waals surface area contributed by atoms with Crippen molar-refractivity contribution in [1.82, 2.24) is 10.2 Å². The van der Waals surface area contributed by atoms with Crippen molar-refractivity contribution in [2.24, 2.45) is 0 Å². The Bertz CT molecular complexity index is 449. The van der Waals surface area contributed by atoms with Crippen molar-refractivity contribution in [3.05, 3.63) is 27.3 Å². The summed E-state index contributed by atoms with van der Waals surface area (Å²) in [6, 6.07) is 5.56. The molecule has 0 saturated carbocycles. The molecule has 0 aliphatic heterocycles. The Morgan fingerprint density at radius 1 is 1.40 bits per heavy atom. The first-order valence-electron chi connectivity index (χ1n) is 6.88. The van der Waals surface area contributed by atoms with Crippen LogP contribution in [-0.2, 0) is 0 Å². The smallest absolute Gasteiger partial charge is 0.255 e. The van der Waals surface area contributed by atoms with Crippen LogP contribution in [-0.4, -0.2) is 42.1 Å². The lowest BCUT2D eigenvalue weighted by molar-refractivity contribution is 0.0950. The van der Waals surface area contributed by atoms with Crippen LogP contribution in [0.15, 0.2) is 18.2 Å². The summed E-state index contributed by atoms with van der Waals surface area (Å²) in [4.78, 5) is 14.2. The Kier molecular flexibility index (Phi) is 7.29. The number of hydrogen-bond acceptors (Lipinski definition) is 3. The van der Waals surface area contributed by atoms with Crippen molar-refractivity contribution in [2.75, 3.05) is 20.1 Å². The SMILES string of the molecule is CC(C)N(C)CCCCNC(=O)c1cc(I)ccc1O. The molecule has 0 saturated heterocycles. The lowest BCUT2D eigenvalue weighted by Gasteiger charge is -2.20. The second-order valence-electron chi connectivity index (χ2n) is 5.20. The number of carbonyl (C=O) groups excluding carboxylic acids is 1. The number of phenols is 1. The minimum atomic E-state index is -0.210. The molecule has 0 radical (unpaired) electrons. The zero-order valence-electron chi connectivity index (χ0n) is 12.3. The fourth-order valence-electron chi connectivity index (χ4n) is 1.73. The molecule has 0 unspecified atom stereocenters. The maximum absolute atomic E-state index is 11.9. The van der Waals surface area contributed by atoms with Crippen molar-refractivity contribution in [2.45, 2.75) is 32.7 Å². The number of hydrogen-bond donors (Lipinski definition) is 2. The number of phenolic OH excluding ortho intramolecular Hbond substituents is 1. The third-order valence-electron chi connectivity index (χ3n) is 3.31. The summed E-state index contributed by atoms with van der Waals surface area (Å²) in [5, 5.41) is 12.5. The maximum Gasteiger partial charge on any atom is 0.255 e. The van der Waals surface area contributed by atoms with Crippen LogP contribution in [0.1, 0.15) is 37.0 Å². The molecule has 1 rings (SSSR count). The van der Waals surface area contributed by atoms with Crippen LogP contribution >= 0.6 is 22.6 Å². The zero-order valence-corrected chi connectivity index (χ0v) is 14.5. The Balaban J connectivity index is 2.32. The van der Waals surface area contributed by atoms with Gasteiger partial charge in [-0.05, 0) is 81.1 Å². The quantitative estimate of drug-likeness (QED) is 0.556. The predicted octanol–water partition coefficient (Wildman–Crippen LogP) is 2.85. The first kappa shape index (κ1) is 17.2. The van der Waals surface area contributed by atoms with E-state index in [0.717, 1.165) is 23.0 Å². The van der Waals surface area contributed by atoms with Crippen LogP contribution in [0.3, 0.4) is 0 Å². The summed E-state index contributed by atoms with van der Waals surface area (Å²) < 4.78 is 0.934. The average Bonchev–Trinajstić information content (AvgIpc) is 2.40. The van der Waals surface area contributed by atoms with E-state index in [1.54, 1.807) is 18.2 Å². The summed E-state index contributed by atoms with van der Waals surface area (Å²) in [6.45, 7) is 6.00. The number of aromatic hydroxyl groups is 1. The maximum atomic E-state index is 11.9. The lowest BCUT2D eigenvalue weighted by atomic mass is 10.2. The number of carbonyl (C=O) groups is 1. The van der Waals surface area contributed by atoms with Crippen molar-refractivity contribution in [1.29, 1.82) is 0 Å². The standard InChI is InChI=1S/C15H23IN2O2/c1-11(2)18(3)9-5-4-8-17-15(20)13-10-12(16)6-7-14(13)19/h6-7,10-11,19H,4-5,8-9H2,1-3H3,(H,17,20). The summed E-state index contributed by atoms with van der Waals surface area (Å²) in [7, 11) is 2.10. The number of halogens is 1. The molecule has 2 N–H and O–H groups in total. The molecular formula is C15H23IN2O2. The molecule has 5 heteroatoms. The van der Waals surface area contributed by atoms with E-state index in [9.17, 15) is 9.90 Å². The average molecular weight is 390 g/mol. The van der Waals surface area contributed by atoms with Gasteiger partial charge in [0.2, 0.25) is 0 Å². The van der Waals surface area contributed by atoms with Gasteiger partial charge in [-0.2, -0.15) is 0 Å². The van der Waals surface area contributed by atoms with Crippen LogP contribution in [0, 0.1) is 3.57 Å². The van der Waals surface area contributed by atoms with Gasteiger partial charge < -0.3 is 15.3 Å². The highest BCUT2D eigenvalue weighted by atomic mass is 127. The number of benzene rings is 1. The minimum absolute atomic E-state index is 0.0301. The van der Waals surface area contributed by atoms with E-state index >= 15 is 0 Å². The molecule has 0 spiro atoms. The van der Waals surface area contributed by atoms with Gasteiger partial charge in [-0.3, -0.25) is 4.79 Å². The molecule has 0 bridgehead atoms. The zero-order chi connectivity index (χ0) is 15.1. The Morgan fingerprint density at radius 3 is 2.75 bits per heavy atom. The normalized spacial score (nSPS) is 11.1. The topological polar surface area (TPSA) is 52.6 Å². The van der Waals surface area contributed by atoms with Crippen molar-refractivity contribution >= 4 is 28.5 Å². The van der Waals surface area contributed by atoms with Gasteiger partial charge in [-0.25, -0.2) is 0 Å². The van der Waals surface area contributed by atoms with Crippen LogP contribution in [0.25, 0.3) is 0 Å². The second kappa shape index (κ2) is 8.46. The molecule has 0 aromatic heterocycles. The molecule has 1 aromatic carbocycles. The molecule has 4 nitrogen and oxygen atoms in total. The monoisotopic (exact) mass is 390 g/mol. The largest absolute Gasteiger partial charge is 0.507 e. The summed E-state index contributed by atoms with van der Waals surface area (Å²) in [6.07, 6.45) is 1.99. The van der Waals surface area contributed by atoms with E-state index in [4.69, 9.17) is 0 Å². The summed E-state index contributed by atoms with van der Waals surface area (Å²) >= 11 is 2.12. The van der Waals surface area contributed by atoms with Gasteiger partial charge in [-0.1, -0.05) is 0 Å². The highest BCUT2D eigenvalue weighted by Gasteiger charge is 2.10. The van der Waals surface area contributed by atoms with E-state index in [1.165, 1.54) is 0 Å². The third kappa shape index (κ3) is 5.66. The highest BCUT2D eigenvalue weighted by Crippen LogP contribution is 2.19. The molecule has 0 aliphatic rings. The molecular weight excluding hydrogens is 367 g/mol. The second-order valence-corrected chi connectivity index (χ2v) is 6.44. The predicted molar refractivity (Wildman–Crippen MR) is 90.2 cm³/mol. The van der Waals surface area contributed by atoms with Gasteiger partial charge >= 0.3 is 0 Å². The van der Waals surface area contributed by atoms with Crippen LogP contribution in [0.4, 0.5) is 0 Å². The van der Waals surface area contributed by atoms with E-state index in [1.807, 2.05) is 0 Å². The lowest BCUT2D eigenvalue weighted by Crippen LogP contribution is -2.29. The molecule has 0 fully saturated rings. The van der Waals surface area contributed by atoms with Crippen LogP contribution < -0.4 is 5.32 Å². The molecule has 0 heterocycles. The highest BCUT2D eigenvalue weighted by molar-refractivity contribution is 14.1. The summed E-state index contributed by atoms with van der Waals surface area (Å²) in [5.41, 5.74) is 0.344. The van der Waals surface area contributed by atoms with Gasteiger partial charge in [0.1, 0.15) is 5.75 Å². The molecule has 0 aliphatic carbocycles. The number of amides is 1. The van der Waals surface area contributed by atoms with E-state index in [-0.39, 0.29) is 11.7 Å². The van der Waals surface area contributed by atoms with Crippen molar-refractivity contribution in [3.63, 3.8) is 0 Å². The minimum Gasteiger partial charge on any atom is -0.507 e. The van der Waals surface area contributed by atoms with E-state index in [2.05, 4.69) is 53.7 Å². The fourth-order valence-corrected chi connectivity index (χ4v) is 2.22. The number of unbranched alkanes of at least 4 members (excludes halogenated alkanes) is 1. The number of nitrogens with one attached hydrogen (secondary N) is 1. The molecule has 0 atom stereocenters. The molecule has 112 valence electrons. The Labute approximate surface area is 134 Å². The third-order valence-corrected chi connectivity index (χ3v) is 3.98. The summed E-state index contributed by atoms with van der Waals surface area (Å²) in [5.74, 6) is -0.180. The van der Waals surface area contributed by atoms with E-state index < -0.39 is 0 Å². The van der Waals surface area contributed by atoms with E-state index in [0.29, 0.717) is 18.2 Å². The molecule has 1 aromatic rings. The van der Waals surface area contributed by atoms with Gasteiger partial charge in [-0.15, -0.1) is 0 Å². The first-order valence-corrected chi connectivity index (χ1v) is 7.96. The van der Waals surface area contributed by atoms with Crippen molar-refractivity contribution in [3.8, 4) is 5.75 Å². The van der Waals surface area contributed by atoms with Gasteiger partial charge in [0.25, 0.3) is 5.91 Å². The van der Waals surface area contributed by atoms with Gasteiger partial charge in [0, 0.05) is 16.2 Å². The Hall–Kier alpha value is -0.820. The molecule has 1 amide bonds. The van der Waals surface area contributed by atoms with Gasteiger partial charge in [0.15, 0.2) is 0 Å². The number of rotatable bonds is 7.